The molecule has 3 rings (SSSR count). The molecule has 128 valence electrons. The number of carbonyl (C=O) groups excluding carboxylic acids is 1. The maximum Gasteiger partial charge on any atom is 0.418 e. The van der Waals surface area contributed by atoms with Gasteiger partial charge in [-0.2, -0.15) is 13.2 Å². The van der Waals surface area contributed by atoms with E-state index in [-0.39, 0.29) is 23.6 Å². The molecule has 1 aromatic rings. The van der Waals surface area contributed by atoms with Crippen LogP contribution in [-0.2, 0) is 9.53 Å². The van der Waals surface area contributed by atoms with Gasteiger partial charge in [0.2, 0.25) is 0 Å². The number of hydrogen-bond acceptors (Lipinski definition) is 2. The monoisotopic (exact) mass is 337 g/mol. The molecule has 2 aliphatic rings. The van der Waals surface area contributed by atoms with E-state index in [4.69, 9.17) is 4.74 Å². The maximum atomic E-state index is 13.5. The Morgan fingerprint density at radius 1 is 1.29 bits per heavy atom. The maximum absolute atomic E-state index is 13.5. The number of rotatable bonds is 2. The molecule has 0 bridgehead atoms. The second-order valence-electron chi connectivity index (χ2n) is 6.10. The Hall–Kier alpha value is -2.00. The second-order valence-corrected chi connectivity index (χ2v) is 6.10. The molecule has 3 nitrogen and oxygen atoms in total. The summed E-state index contributed by atoms with van der Waals surface area (Å²) < 4.78 is 45.7. The van der Waals surface area contributed by atoms with E-state index in [1.54, 1.807) is 13.0 Å². The Morgan fingerprint density at radius 2 is 2.00 bits per heavy atom. The summed E-state index contributed by atoms with van der Waals surface area (Å²) in [6.45, 7) is 1.80. The van der Waals surface area contributed by atoms with Crippen LogP contribution in [0.3, 0.4) is 0 Å². The predicted octanol–water partition coefficient (Wildman–Crippen LogP) is 4.19. The zero-order valence-corrected chi connectivity index (χ0v) is 13.3. The molecular formula is C18H18F3NO2. The molecule has 0 spiro atoms. The first-order valence-electron chi connectivity index (χ1n) is 8.08. The average Bonchev–Trinajstić information content (AvgIpc) is 3.35. The summed E-state index contributed by atoms with van der Waals surface area (Å²) in [6, 6.07) is 8.73. The Morgan fingerprint density at radius 3 is 2.62 bits per heavy atom. The SMILES string of the molecule is CCCC1OC(C(F)(F)F)c2ccccc2N(C#CC2CC2)C1=O. The Balaban J connectivity index is 2.09. The normalized spacial score (nSPS) is 24.0. The topological polar surface area (TPSA) is 29.5 Å². The van der Waals surface area contributed by atoms with Crippen molar-refractivity contribution < 1.29 is 22.7 Å². The third kappa shape index (κ3) is 3.41. The van der Waals surface area contributed by atoms with Crippen molar-refractivity contribution in [2.24, 2.45) is 5.92 Å². The summed E-state index contributed by atoms with van der Waals surface area (Å²) in [5.74, 6) is 2.67. The molecule has 0 saturated heterocycles. The van der Waals surface area contributed by atoms with Crippen LogP contribution in [0.25, 0.3) is 0 Å². The number of para-hydroxylation sites is 1. The van der Waals surface area contributed by atoms with Crippen LogP contribution in [0.4, 0.5) is 18.9 Å². The third-order valence-corrected chi connectivity index (χ3v) is 4.06. The largest absolute Gasteiger partial charge is 0.418 e. The van der Waals surface area contributed by atoms with Gasteiger partial charge in [-0.3, -0.25) is 4.79 Å². The van der Waals surface area contributed by atoms with E-state index in [2.05, 4.69) is 12.0 Å². The fraction of sp³-hybridized carbons (Fsp3) is 0.500. The van der Waals surface area contributed by atoms with Crippen LogP contribution in [0.15, 0.2) is 24.3 Å². The molecule has 0 radical (unpaired) electrons. The van der Waals surface area contributed by atoms with E-state index < -0.39 is 24.3 Å². The van der Waals surface area contributed by atoms with Crippen LogP contribution >= 0.6 is 0 Å². The van der Waals surface area contributed by atoms with Crippen LogP contribution in [0, 0.1) is 17.9 Å². The van der Waals surface area contributed by atoms with Crippen molar-refractivity contribution in [2.75, 3.05) is 4.90 Å². The lowest BCUT2D eigenvalue weighted by Crippen LogP contribution is -2.37. The number of anilines is 1. The molecule has 24 heavy (non-hydrogen) atoms. The van der Waals surface area contributed by atoms with Gasteiger partial charge >= 0.3 is 6.18 Å². The lowest BCUT2D eigenvalue weighted by atomic mass is 10.1. The molecule has 2 unspecified atom stereocenters. The van der Waals surface area contributed by atoms with E-state index in [1.165, 1.54) is 18.2 Å². The van der Waals surface area contributed by atoms with Crippen LogP contribution in [0.1, 0.15) is 44.3 Å². The molecule has 0 aromatic heterocycles. The van der Waals surface area contributed by atoms with Crippen LogP contribution in [-0.4, -0.2) is 18.2 Å². The number of alkyl halides is 3. The van der Waals surface area contributed by atoms with Gasteiger partial charge in [-0.1, -0.05) is 37.5 Å². The minimum atomic E-state index is -4.59. The summed E-state index contributed by atoms with van der Waals surface area (Å²) >= 11 is 0. The van der Waals surface area contributed by atoms with Crippen molar-refractivity contribution in [3.05, 3.63) is 29.8 Å². The summed E-state index contributed by atoms with van der Waals surface area (Å²) in [5, 5.41) is 0. The molecular weight excluding hydrogens is 319 g/mol. The molecule has 1 heterocycles. The quantitative estimate of drug-likeness (QED) is 0.757. The van der Waals surface area contributed by atoms with Crippen LogP contribution < -0.4 is 4.90 Å². The van der Waals surface area contributed by atoms with E-state index in [1.807, 2.05) is 0 Å². The first-order valence-corrected chi connectivity index (χ1v) is 8.08. The van der Waals surface area contributed by atoms with Gasteiger partial charge in [0, 0.05) is 17.5 Å². The van der Waals surface area contributed by atoms with E-state index >= 15 is 0 Å². The number of amides is 1. The summed E-state index contributed by atoms with van der Waals surface area (Å²) in [6.07, 6.45) is -5.16. The van der Waals surface area contributed by atoms with Gasteiger partial charge in [0.05, 0.1) is 5.69 Å². The van der Waals surface area contributed by atoms with E-state index in [9.17, 15) is 18.0 Å². The lowest BCUT2D eigenvalue weighted by Gasteiger charge is -2.23. The number of halogens is 3. The molecule has 6 heteroatoms. The highest BCUT2D eigenvalue weighted by atomic mass is 19.4. The van der Waals surface area contributed by atoms with Crippen molar-refractivity contribution >= 4 is 11.6 Å². The molecule has 2 atom stereocenters. The molecule has 1 amide bonds. The first-order chi connectivity index (χ1) is 11.4. The van der Waals surface area contributed by atoms with Crippen molar-refractivity contribution in [1.29, 1.82) is 0 Å². The van der Waals surface area contributed by atoms with Gasteiger partial charge in [0.1, 0.15) is 6.10 Å². The predicted molar refractivity (Wildman–Crippen MR) is 83.0 cm³/mol. The highest BCUT2D eigenvalue weighted by Crippen LogP contribution is 2.43. The first kappa shape index (κ1) is 16.8. The molecule has 1 aromatic carbocycles. The molecule has 1 fully saturated rings. The molecule has 0 N–H and O–H groups in total. The van der Waals surface area contributed by atoms with Crippen molar-refractivity contribution in [3.63, 3.8) is 0 Å². The van der Waals surface area contributed by atoms with Crippen LogP contribution in [0.2, 0.25) is 0 Å². The number of hydrogen-bond donors (Lipinski definition) is 0. The second kappa shape index (κ2) is 6.48. The summed E-state index contributed by atoms with van der Waals surface area (Å²) in [5.41, 5.74) is 0.0960. The summed E-state index contributed by atoms with van der Waals surface area (Å²) in [7, 11) is 0. The van der Waals surface area contributed by atoms with Crippen LogP contribution in [0.5, 0.6) is 0 Å². The van der Waals surface area contributed by atoms with Gasteiger partial charge in [-0.05, 0) is 25.3 Å². The van der Waals surface area contributed by atoms with Gasteiger partial charge in [0.15, 0.2) is 6.10 Å². The van der Waals surface area contributed by atoms with E-state index in [0.29, 0.717) is 6.42 Å². The fourth-order valence-corrected chi connectivity index (χ4v) is 2.68. The highest BCUT2D eigenvalue weighted by molar-refractivity contribution is 6.00. The number of ether oxygens (including phenoxy) is 1. The van der Waals surface area contributed by atoms with Crippen molar-refractivity contribution in [1.82, 2.24) is 0 Å². The van der Waals surface area contributed by atoms with Gasteiger partial charge in [0.25, 0.3) is 5.91 Å². The van der Waals surface area contributed by atoms with Gasteiger partial charge in [-0.15, -0.1) is 0 Å². The number of carbonyl (C=O) groups is 1. The standard InChI is InChI=1S/C18H18F3NO2/c1-2-5-15-17(23)22(11-10-12-8-9-12)14-7-4-3-6-13(14)16(24-15)18(19,20)21/h3-4,6-7,12,15-16H,2,5,8-9H2,1H3. The van der Waals surface area contributed by atoms with Gasteiger partial charge < -0.3 is 4.74 Å². The number of nitrogens with zero attached hydrogens (tertiary/aromatic N) is 1. The lowest BCUT2D eigenvalue weighted by molar-refractivity contribution is -0.234. The fourth-order valence-electron chi connectivity index (χ4n) is 2.68. The highest BCUT2D eigenvalue weighted by Gasteiger charge is 2.48. The molecule has 1 saturated carbocycles. The molecule has 1 aliphatic carbocycles. The van der Waals surface area contributed by atoms with E-state index in [0.717, 1.165) is 17.7 Å². The molecule has 1 aliphatic heterocycles. The minimum Gasteiger partial charge on any atom is -0.351 e. The summed E-state index contributed by atoms with van der Waals surface area (Å²) in [4.78, 5) is 13.9. The third-order valence-electron chi connectivity index (χ3n) is 4.06. The average molecular weight is 337 g/mol. The van der Waals surface area contributed by atoms with Crippen molar-refractivity contribution in [2.45, 2.75) is 51.0 Å². The number of benzene rings is 1. The Bertz CT molecular complexity index is 685. The smallest absolute Gasteiger partial charge is 0.351 e. The van der Waals surface area contributed by atoms with Gasteiger partial charge in [-0.25, -0.2) is 4.90 Å². The number of fused-ring (bicyclic) bond motifs is 1. The Labute approximate surface area is 138 Å². The zero-order chi connectivity index (χ0) is 17.3. The minimum absolute atomic E-state index is 0.0675. The zero-order valence-electron chi connectivity index (χ0n) is 13.3. The Kier molecular flexibility index (Phi) is 4.55. The van der Waals surface area contributed by atoms with Crippen molar-refractivity contribution in [3.8, 4) is 12.0 Å².